The first-order chi connectivity index (χ1) is 10.6. The van der Waals surface area contributed by atoms with E-state index in [0.717, 1.165) is 55.4 Å². The molecule has 1 aromatic rings. The number of likely N-dealkylation sites (tertiary alicyclic amines) is 1. The fourth-order valence-corrected chi connectivity index (χ4v) is 4.21. The van der Waals surface area contributed by atoms with Crippen molar-refractivity contribution < 1.29 is 9.53 Å². The van der Waals surface area contributed by atoms with Crippen molar-refractivity contribution in [2.24, 2.45) is 0 Å². The molecule has 1 unspecified atom stereocenters. The average molecular weight is 319 g/mol. The number of ether oxygens (including phenoxy) is 1. The maximum absolute atomic E-state index is 12.6. The zero-order valence-electron chi connectivity index (χ0n) is 13.6. The van der Waals surface area contributed by atoms with Gasteiger partial charge in [0.05, 0.1) is 6.61 Å². The summed E-state index contributed by atoms with van der Waals surface area (Å²) in [5, 5.41) is 0. The van der Waals surface area contributed by atoms with E-state index < -0.39 is 0 Å². The van der Waals surface area contributed by atoms with E-state index in [9.17, 15) is 4.79 Å². The molecule has 0 N–H and O–H groups in total. The van der Waals surface area contributed by atoms with Gasteiger partial charge in [0.1, 0.15) is 5.75 Å². The van der Waals surface area contributed by atoms with E-state index in [1.807, 2.05) is 28.8 Å². The van der Waals surface area contributed by atoms with Gasteiger partial charge in [0.15, 0.2) is 0 Å². The number of benzene rings is 1. The van der Waals surface area contributed by atoms with Crippen molar-refractivity contribution in [1.82, 2.24) is 4.90 Å². The van der Waals surface area contributed by atoms with Gasteiger partial charge in [-0.15, -0.1) is 0 Å². The number of rotatable bonds is 4. The number of piperidine rings is 1. The Balaban J connectivity index is 1.78. The minimum absolute atomic E-state index is 0.0721. The standard InChI is InChI=1S/C18H25NO2S/c1-3-22-13-18(2)12-21-16-11-14(7-8-15(16)18)17(20)19-9-5-4-6-10-19/h7-8,11H,3-6,9-10,12-13H2,1-2H3. The van der Waals surface area contributed by atoms with Gasteiger partial charge in [-0.1, -0.05) is 19.9 Å². The molecule has 0 saturated carbocycles. The van der Waals surface area contributed by atoms with Crippen LogP contribution in [0.3, 0.4) is 0 Å². The molecule has 4 heteroatoms. The van der Waals surface area contributed by atoms with E-state index in [1.54, 1.807) is 0 Å². The Labute approximate surface area is 137 Å². The third kappa shape index (κ3) is 2.98. The molecule has 1 saturated heterocycles. The molecule has 0 spiro atoms. The zero-order chi connectivity index (χ0) is 15.6. The molecule has 3 nitrogen and oxygen atoms in total. The van der Waals surface area contributed by atoms with E-state index in [1.165, 1.54) is 12.0 Å². The summed E-state index contributed by atoms with van der Waals surface area (Å²) in [6.45, 7) is 6.94. The first kappa shape index (κ1) is 15.7. The van der Waals surface area contributed by atoms with Gasteiger partial charge in [-0.2, -0.15) is 11.8 Å². The molecule has 0 radical (unpaired) electrons. The van der Waals surface area contributed by atoms with Crippen molar-refractivity contribution in [3.05, 3.63) is 29.3 Å². The molecule has 1 amide bonds. The third-order valence-corrected chi connectivity index (χ3v) is 5.94. The van der Waals surface area contributed by atoms with Crippen molar-refractivity contribution in [3.8, 4) is 5.75 Å². The third-order valence-electron chi connectivity index (χ3n) is 4.69. The average Bonchev–Trinajstić information content (AvgIpc) is 2.90. The molecule has 120 valence electrons. The normalized spacial score (nSPS) is 24.0. The topological polar surface area (TPSA) is 29.5 Å². The van der Waals surface area contributed by atoms with E-state index in [-0.39, 0.29) is 11.3 Å². The lowest BCUT2D eigenvalue weighted by atomic mass is 9.86. The Morgan fingerprint density at radius 2 is 2.09 bits per heavy atom. The first-order valence-electron chi connectivity index (χ1n) is 8.28. The van der Waals surface area contributed by atoms with Crippen molar-refractivity contribution >= 4 is 17.7 Å². The molecule has 2 heterocycles. The van der Waals surface area contributed by atoms with Crippen LogP contribution in [-0.4, -0.2) is 42.0 Å². The summed E-state index contributed by atoms with van der Waals surface area (Å²) < 4.78 is 5.91. The minimum Gasteiger partial charge on any atom is -0.492 e. The van der Waals surface area contributed by atoms with E-state index in [4.69, 9.17) is 4.74 Å². The number of fused-ring (bicyclic) bond motifs is 1. The summed E-state index contributed by atoms with van der Waals surface area (Å²) in [5.41, 5.74) is 2.10. The number of thioether (sulfide) groups is 1. The Morgan fingerprint density at radius 1 is 1.32 bits per heavy atom. The van der Waals surface area contributed by atoms with Gasteiger partial charge >= 0.3 is 0 Å². The monoisotopic (exact) mass is 319 g/mol. The van der Waals surface area contributed by atoms with Crippen LogP contribution in [0.15, 0.2) is 18.2 Å². The maximum atomic E-state index is 12.6. The van der Waals surface area contributed by atoms with Crippen molar-refractivity contribution in [2.75, 3.05) is 31.2 Å². The van der Waals surface area contributed by atoms with E-state index in [0.29, 0.717) is 0 Å². The highest BCUT2D eigenvalue weighted by Crippen LogP contribution is 2.41. The maximum Gasteiger partial charge on any atom is 0.253 e. The molecule has 0 aliphatic carbocycles. The van der Waals surface area contributed by atoms with E-state index >= 15 is 0 Å². The van der Waals surface area contributed by atoms with Crippen molar-refractivity contribution in [3.63, 3.8) is 0 Å². The summed E-state index contributed by atoms with van der Waals surface area (Å²) in [5.74, 6) is 3.25. The Hall–Kier alpha value is -1.16. The molecule has 1 atom stereocenters. The van der Waals surface area contributed by atoms with Crippen molar-refractivity contribution in [1.29, 1.82) is 0 Å². The van der Waals surface area contributed by atoms with Crippen LogP contribution in [-0.2, 0) is 5.41 Å². The number of carbonyl (C=O) groups is 1. The molecule has 3 rings (SSSR count). The lowest BCUT2D eigenvalue weighted by Crippen LogP contribution is -2.35. The van der Waals surface area contributed by atoms with Gasteiger partial charge in [0.2, 0.25) is 0 Å². The summed E-state index contributed by atoms with van der Waals surface area (Å²) in [7, 11) is 0. The molecule has 0 aromatic heterocycles. The number of amides is 1. The number of hydrogen-bond acceptors (Lipinski definition) is 3. The van der Waals surface area contributed by atoms with Crippen LogP contribution in [0.4, 0.5) is 0 Å². The zero-order valence-corrected chi connectivity index (χ0v) is 14.4. The van der Waals surface area contributed by atoms with Crippen LogP contribution < -0.4 is 4.74 Å². The molecule has 1 aromatic carbocycles. The fourth-order valence-electron chi connectivity index (χ4n) is 3.31. The van der Waals surface area contributed by atoms with Crippen LogP contribution in [0.2, 0.25) is 0 Å². The van der Waals surface area contributed by atoms with Crippen LogP contribution in [0.5, 0.6) is 5.75 Å². The van der Waals surface area contributed by atoms with Gasteiger partial charge in [-0.3, -0.25) is 4.79 Å². The lowest BCUT2D eigenvalue weighted by molar-refractivity contribution is 0.0724. The van der Waals surface area contributed by atoms with Crippen LogP contribution in [0, 0.1) is 0 Å². The largest absolute Gasteiger partial charge is 0.492 e. The highest BCUT2D eigenvalue weighted by molar-refractivity contribution is 7.99. The second-order valence-corrected chi connectivity index (χ2v) is 7.82. The summed E-state index contributed by atoms with van der Waals surface area (Å²) in [6.07, 6.45) is 3.49. The second-order valence-electron chi connectivity index (χ2n) is 6.55. The molecule has 2 aliphatic rings. The summed E-state index contributed by atoms with van der Waals surface area (Å²) in [6, 6.07) is 6.04. The van der Waals surface area contributed by atoms with E-state index in [2.05, 4.69) is 19.9 Å². The molecule has 22 heavy (non-hydrogen) atoms. The van der Waals surface area contributed by atoms with Crippen molar-refractivity contribution in [2.45, 2.75) is 38.5 Å². The predicted octanol–water partition coefficient (Wildman–Crippen LogP) is 3.72. The lowest BCUT2D eigenvalue weighted by Gasteiger charge is -2.27. The highest BCUT2D eigenvalue weighted by Gasteiger charge is 2.36. The minimum atomic E-state index is 0.0721. The molecule has 2 aliphatic heterocycles. The predicted molar refractivity (Wildman–Crippen MR) is 92.0 cm³/mol. The summed E-state index contributed by atoms with van der Waals surface area (Å²) >= 11 is 1.95. The highest BCUT2D eigenvalue weighted by atomic mass is 32.2. The number of carbonyl (C=O) groups excluding carboxylic acids is 1. The van der Waals surface area contributed by atoms with Crippen LogP contribution in [0.25, 0.3) is 0 Å². The SMILES string of the molecule is CCSCC1(C)COc2cc(C(=O)N3CCCCC3)ccc21. The van der Waals surface area contributed by atoms with Gasteiger partial charge in [0, 0.05) is 35.4 Å². The van der Waals surface area contributed by atoms with Gasteiger partial charge < -0.3 is 9.64 Å². The fraction of sp³-hybridized carbons (Fsp3) is 0.611. The quantitative estimate of drug-likeness (QED) is 0.847. The van der Waals surface area contributed by atoms with Gasteiger partial charge in [-0.25, -0.2) is 0 Å². The first-order valence-corrected chi connectivity index (χ1v) is 9.44. The van der Waals surface area contributed by atoms with Gasteiger partial charge in [0.25, 0.3) is 5.91 Å². The van der Waals surface area contributed by atoms with Crippen LogP contribution in [0.1, 0.15) is 49.0 Å². The molecule has 1 fully saturated rings. The Kier molecular flexibility index (Phi) is 4.67. The second kappa shape index (κ2) is 6.53. The Bertz CT molecular complexity index is 554. The number of nitrogens with zero attached hydrogens (tertiary/aromatic N) is 1. The van der Waals surface area contributed by atoms with Gasteiger partial charge in [-0.05, 0) is 37.1 Å². The van der Waals surface area contributed by atoms with Crippen LogP contribution >= 0.6 is 11.8 Å². The Morgan fingerprint density at radius 3 is 2.82 bits per heavy atom. The molecular formula is C18H25NO2S. The smallest absolute Gasteiger partial charge is 0.253 e. The number of hydrogen-bond donors (Lipinski definition) is 0. The summed E-state index contributed by atoms with van der Waals surface area (Å²) in [4.78, 5) is 14.6. The molecular weight excluding hydrogens is 294 g/mol. The molecule has 0 bridgehead atoms.